The van der Waals surface area contributed by atoms with Gasteiger partial charge in [0.05, 0.1) is 11.8 Å². The van der Waals surface area contributed by atoms with Crippen LogP contribution in [0, 0.1) is 17.2 Å². The highest BCUT2D eigenvalue weighted by Crippen LogP contribution is 2.28. The summed E-state index contributed by atoms with van der Waals surface area (Å²) in [5, 5.41) is 9.24. The van der Waals surface area contributed by atoms with Gasteiger partial charge < -0.3 is 0 Å². The number of carbonyl (C=O) groups is 1. The molecular weight excluding hydrogens is 224 g/mol. The maximum Gasteiger partial charge on any atom is 0.159 e. The Kier molecular flexibility index (Phi) is 4.46. The molecule has 1 unspecified atom stereocenters. The summed E-state index contributed by atoms with van der Waals surface area (Å²) in [6, 6.07) is 7.52. The number of pyridine rings is 1. The molecule has 0 aromatic carbocycles. The van der Waals surface area contributed by atoms with Crippen LogP contribution >= 0.6 is 0 Å². The summed E-state index contributed by atoms with van der Waals surface area (Å²) in [6.45, 7) is 0. The number of ketones is 1. The van der Waals surface area contributed by atoms with Crippen LogP contribution in [0.25, 0.3) is 0 Å². The molecule has 1 aromatic rings. The fourth-order valence-corrected chi connectivity index (χ4v) is 2.62. The van der Waals surface area contributed by atoms with Crippen molar-refractivity contribution in [3.8, 4) is 6.07 Å². The van der Waals surface area contributed by atoms with Crippen molar-refractivity contribution < 1.29 is 4.79 Å². The molecule has 3 nitrogen and oxygen atoms in total. The summed E-state index contributed by atoms with van der Waals surface area (Å²) in [6.07, 6.45) is 8.15. The molecule has 94 valence electrons. The van der Waals surface area contributed by atoms with E-state index in [1.165, 1.54) is 12.8 Å². The van der Waals surface area contributed by atoms with E-state index in [4.69, 9.17) is 0 Å². The molecule has 1 saturated carbocycles. The van der Waals surface area contributed by atoms with E-state index in [9.17, 15) is 10.1 Å². The minimum Gasteiger partial charge on any atom is -0.297 e. The van der Waals surface area contributed by atoms with Crippen molar-refractivity contribution in [3.63, 3.8) is 0 Å². The van der Waals surface area contributed by atoms with Crippen LogP contribution in [0.3, 0.4) is 0 Å². The Hall–Kier alpha value is -1.69. The first-order valence-electron chi connectivity index (χ1n) is 6.67. The molecule has 0 aliphatic heterocycles. The lowest BCUT2D eigenvalue weighted by Crippen LogP contribution is -2.21. The largest absolute Gasteiger partial charge is 0.297 e. The average molecular weight is 242 g/mol. The zero-order chi connectivity index (χ0) is 12.8. The SMILES string of the molecule is N#CC(C(=O)C1CCCCCC1)c1ccccn1. The minimum absolute atomic E-state index is 0.0548. The maximum absolute atomic E-state index is 12.4. The van der Waals surface area contributed by atoms with E-state index in [1.54, 1.807) is 18.3 Å². The summed E-state index contributed by atoms with van der Waals surface area (Å²) >= 11 is 0. The predicted octanol–water partition coefficient (Wildman–Crippen LogP) is 3.23. The monoisotopic (exact) mass is 242 g/mol. The molecule has 3 heteroatoms. The Morgan fingerprint density at radius 3 is 2.56 bits per heavy atom. The Morgan fingerprint density at radius 2 is 2.00 bits per heavy atom. The lowest BCUT2D eigenvalue weighted by molar-refractivity contribution is -0.123. The van der Waals surface area contributed by atoms with Gasteiger partial charge in [-0.05, 0) is 25.0 Å². The third kappa shape index (κ3) is 2.95. The quantitative estimate of drug-likeness (QED) is 0.765. The summed E-state index contributed by atoms with van der Waals surface area (Å²) in [4.78, 5) is 16.6. The highest BCUT2D eigenvalue weighted by Gasteiger charge is 2.29. The molecule has 18 heavy (non-hydrogen) atoms. The summed E-state index contributed by atoms with van der Waals surface area (Å²) in [7, 11) is 0. The van der Waals surface area contributed by atoms with E-state index in [2.05, 4.69) is 11.1 Å². The van der Waals surface area contributed by atoms with Crippen molar-refractivity contribution in [2.24, 2.45) is 5.92 Å². The number of rotatable bonds is 3. The van der Waals surface area contributed by atoms with Gasteiger partial charge in [0.25, 0.3) is 0 Å². The number of nitriles is 1. The molecule has 1 aromatic heterocycles. The van der Waals surface area contributed by atoms with Gasteiger partial charge in [-0.1, -0.05) is 31.7 Å². The van der Waals surface area contributed by atoms with Crippen LogP contribution in [0.5, 0.6) is 0 Å². The van der Waals surface area contributed by atoms with Crippen LogP contribution in [-0.2, 0) is 4.79 Å². The standard InChI is InChI=1S/C15H18N2O/c16-11-13(14-9-5-6-10-17-14)15(18)12-7-3-1-2-4-8-12/h5-6,9-10,12-13H,1-4,7-8H2. The highest BCUT2D eigenvalue weighted by molar-refractivity contribution is 5.89. The van der Waals surface area contributed by atoms with Gasteiger partial charge in [-0.3, -0.25) is 9.78 Å². The average Bonchev–Trinajstić information content (AvgIpc) is 2.69. The van der Waals surface area contributed by atoms with Gasteiger partial charge in [-0.2, -0.15) is 5.26 Å². The van der Waals surface area contributed by atoms with Crippen LogP contribution in [0.1, 0.15) is 50.1 Å². The molecule has 1 fully saturated rings. The Labute approximate surface area is 108 Å². The molecule has 0 spiro atoms. The van der Waals surface area contributed by atoms with Gasteiger partial charge in [0.2, 0.25) is 0 Å². The second-order valence-corrected chi connectivity index (χ2v) is 4.91. The van der Waals surface area contributed by atoms with Crippen LogP contribution in [-0.4, -0.2) is 10.8 Å². The van der Waals surface area contributed by atoms with Crippen molar-refractivity contribution >= 4 is 5.78 Å². The van der Waals surface area contributed by atoms with E-state index in [1.807, 2.05) is 6.07 Å². The Bertz CT molecular complexity index is 428. The maximum atomic E-state index is 12.4. The molecule has 2 rings (SSSR count). The van der Waals surface area contributed by atoms with Gasteiger partial charge in [-0.15, -0.1) is 0 Å². The number of hydrogen-bond acceptors (Lipinski definition) is 3. The normalized spacial score (nSPS) is 18.6. The lowest BCUT2D eigenvalue weighted by atomic mass is 9.86. The first-order valence-corrected chi connectivity index (χ1v) is 6.67. The van der Waals surface area contributed by atoms with Gasteiger partial charge >= 0.3 is 0 Å². The summed E-state index contributed by atoms with van der Waals surface area (Å²) < 4.78 is 0. The van der Waals surface area contributed by atoms with Crippen molar-refractivity contribution in [2.45, 2.75) is 44.4 Å². The molecular formula is C15H18N2O. The van der Waals surface area contributed by atoms with E-state index in [0.717, 1.165) is 25.7 Å². The molecule has 0 bridgehead atoms. The van der Waals surface area contributed by atoms with Gasteiger partial charge in [0.1, 0.15) is 5.92 Å². The topological polar surface area (TPSA) is 53.8 Å². The van der Waals surface area contributed by atoms with Crippen molar-refractivity contribution in [1.82, 2.24) is 4.98 Å². The Morgan fingerprint density at radius 1 is 1.28 bits per heavy atom. The van der Waals surface area contributed by atoms with Crippen molar-refractivity contribution in [1.29, 1.82) is 5.26 Å². The van der Waals surface area contributed by atoms with E-state index < -0.39 is 5.92 Å². The Balaban J connectivity index is 2.13. The molecule has 1 aliphatic carbocycles. The van der Waals surface area contributed by atoms with Crippen molar-refractivity contribution in [3.05, 3.63) is 30.1 Å². The first-order chi connectivity index (χ1) is 8.83. The summed E-state index contributed by atoms with van der Waals surface area (Å²) in [5.41, 5.74) is 0.592. The van der Waals surface area contributed by atoms with E-state index >= 15 is 0 Å². The molecule has 1 atom stereocenters. The molecule has 0 amide bonds. The van der Waals surface area contributed by atoms with Gasteiger partial charge in [0, 0.05) is 12.1 Å². The number of aromatic nitrogens is 1. The van der Waals surface area contributed by atoms with E-state index in [0.29, 0.717) is 5.69 Å². The zero-order valence-electron chi connectivity index (χ0n) is 10.5. The predicted molar refractivity (Wildman–Crippen MR) is 68.8 cm³/mol. The smallest absolute Gasteiger partial charge is 0.159 e. The highest BCUT2D eigenvalue weighted by atomic mass is 16.1. The van der Waals surface area contributed by atoms with Crippen LogP contribution < -0.4 is 0 Å². The number of nitrogens with zero attached hydrogens (tertiary/aromatic N) is 2. The second-order valence-electron chi connectivity index (χ2n) is 4.91. The van der Waals surface area contributed by atoms with Gasteiger partial charge in [-0.25, -0.2) is 0 Å². The van der Waals surface area contributed by atoms with Crippen LogP contribution in [0.15, 0.2) is 24.4 Å². The fraction of sp³-hybridized carbons (Fsp3) is 0.533. The summed E-state index contributed by atoms with van der Waals surface area (Å²) in [5.74, 6) is -0.563. The third-order valence-corrected chi connectivity index (χ3v) is 3.65. The van der Waals surface area contributed by atoms with Crippen LogP contribution in [0.4, 0.5) is 0 Å². The third-order valence-electron chi connectivity index (χ3n) is 3.65. The van der Waals surface area contributed by atoms with Gasteiger partial charge in [0.15, 0.2) is 5.78 Å². The number of Topliss-reactive ketones (excluding diaryl/α,β-unsaturated/α-hetero) is 1. The molecule has 0 saturated heterocycles. The molecule has 0 N–H and O–H groups in total. The zero-order valence-corrected chi connectivity index (χ0v) is 10.5. The first kappa shape index (κ1) is 12.8. The second kappa shape index (κ2) is 6.30. The molecule has 1 heterocycles. The minimum atomic E-state index is -0.686. The number of hydrogen-bond donors (Lipinski definition) is 0. The lowest BCUT2D eigenvalue weighted by Gasteiger charge is -2.16. The molecule has 0 radical (unpaired) electrons. The van der Waals surface area contributed by atoms with E-state index in [-0.39, 0.29) is 11.7 Å². The fourth-order valence-electron chi connectivity index (χ4n) is 2.62. The van der Waals surface area contributed by atoms with Crippen LogP contribution in [0.2, 0.25) is 0 Å². The molecule has 1 aliphatic rings. The van der Waals surface area contributed by atoms with Crippen molar-refractivity contribution in [2.75, 3.05) is 0 Å². The number of carbonyl (C=O) groups excluding carboxylic acids is 1.